The number of nitrogens with one attached hydrogen (secondary N) is 1. The smallest absolute Gasteiger partial charge is 0.338 e. The van der Waals surface area contributed by atoms with E-state index in [0.717, 1.165) is 5.69 Å². The number of hydrogen-bond acceptors (Lipinski definition) is 7. The Hall–Kier alpha value is -3.00. The summed E-state index contributed by atoms with van der Waals surface area (Å²) in [6, 6.07) is 6.80. The molecule has 26 heavy (non-hydrogen) atoms. The maximum absolute atomic E-state index is 12.4. The molecule has 2 aromatic rings. The van der Waals surface area contributed by atoms with Crippen LogP contribution in [0.2, 0.25) is 0 Å². The Balaban J connectivity index is 1.62. The van der Waals surface area contributed by atoms with Crippen molar-refractivity contribution in [2.45, 2.75) is 6.92 Å². The fourth-order valence-corrected chi connectivity index (χ4v) is 2.49. The first-order valence-electron chi connectivity index (χ1n) is 8.40. The molecule has 0 unspecified atom stereocenters. The number of carbonyl (C=O) groups excluding carboxylic acids is 2. The van der Waals surface area contributed by atoms with Gasteiger partial charge in [0.2, 0.25) is 5.95 Å². The Morgan fingerprint density at radius 3 is 2.38 bits per heavy atom. The summed E-state index contributed by atoms with van der Waals surface area (Å²) in [6.45, 7) is 4.35. The molecule has 1 aromatic heterocycles. The summed E-state index contributed by atoms with van der Waals surface area (Å²) < 4.78 is 10.2. The second kappa shape index (κ2) is 8.39. The van der Waals surface area contributed by atoms with Crippen LogP contribution in [-0.4, -0.2) is 59.7 Å². The highest BCUT2D eigenvalue weighted by Gasteiger charge is 2.19. The zero-order chi connectivity index (χ0) is 18.4. The molecule has 8 heteroatoms. The van der Waals surface area contributed by atoms with Gasteiger partial charge in [-0.15, -0.1) is 0 Å². The minimum absolute atomic E-state index is 0.0985. The molecule has 1 aliphatic heterocycles. The number of benzene rings is 1. The monoisotopic (exact) mass is 356 g/mol. The molecule has 1 saturated heterocycles. The number of hydrogen-bond donors (Lipinski definition) is 1. The quantitative estimate of drug-likeness (QED) is 0.817. The standard InChI is InChI=1S/C18H20N4O4/c1-2-26-17(24)13-3-5-15(6-4-13)21-18-19-11-14(12-20-18)16(23)22-7-9-25-10-8-22/h3-6,11-12H,2,7-10H2,1H3,(H,19,20,21). The van der Waals surface area contributed by atoms with E-state index in [9.17, 15) is 9.59 Å². The van der Waals surface area contributed by atoms with Gasteiger partial charge >= 0.3 is 5.97 Å². The summed E-state index contributed by atoms with van der Waals surface area (Å²) in [4.78, 5) is 34.1. The maximum Gasteiger partial charge on any atom is 0.338 e. The van der Waals surface area contributed by atoms with Crippen molar-refractivity contribution in [3.05, 3.63) is 47.8 Å². The van der Waals surface area contributed by atoms with Crippen LogP contribution in [0.15, 0.2) is 36.7 Å². The molecule has 0 aliphatic carbocycles. The van der Waals surface area contributed by atoms with E-state index >= 15 is 0 Å². The van der Waals surface area contributed by atoms with E-state index in [1.54, 1.807) is 36.1 Å². The second-order valence-electron chi connectivity index (χ2n) is 5.62. The molecule has 1 amide bonds. The number of amides is 1. The number of anilines is 2. The lowest BCUT2D eigenvalue weighted by Crippen LogP contribution is -2.40. The van der Waals surface area contributed by atoms with Gasteiger partial charge in [-0.1, -0.05) is 0 Å². The summed E-state index contributed by atoms with van der Waals surface area (Å²) in [5.41, 5.74) is 1.64. The van der Waals surface area contributed by atoms with Crippen molar-refractivity contribution in [1.29, 1.82) is 0 Å². The van der Waals surface area contributed by atoms with Crippen molar-refractivity contribution in [2.24, 2.45) is 0 Å². The minimum atomic E-state index is -0.360. The Morgan fingerprint density at radius 2 is 1.77 bits per heavy atom. The van der Waals surface area contributed by atoms with Crippen molar-refractivity contribution < 1.29 is 19.1 Å². The molecular formula is C18H20N4O4. The van der Waals surface area contributed by atoms with E-state index in [-0.39, 0.29) is 11.9 Å². The van der Waals surface area contributed by atoms with E-state index in [4.69, 9.17) is 9.47 Å². The lowest BCUT2D eigenvalue weighted by atomic mass is 10.2. The van der Waals surface area contributed by atoms with Gasteiger partial charge in [0.15, 0.2) is 0 Å². The molecule has 0 atom stereocenters. The molecule has 0 bridgehead atoms. The topological polar surface area (TPSA) is 93.6 Å². The van der Waals surface area contributed by atoms with Gasteiger partial charge in [0.05, 0.1) is 30.9 Å². The van der Waals surface area contributed by atoms with E-state index in [0.29, 0.717) is 50.0 Å². The fraction of sp³-hybridized carbons (Fsp3) is 0.333. The summed E-state index contributed by atoms with van der Waals surface area (Å²) in [7, 11) is 0. The predicted octanol–water partition coefficient (Wildman–Crippen LogP) is 1.87. The number of rotatable bonds is 5. The molecule has 1 aromatic carbocycles. The molecule has 2 heterocycles. The molecule has 0 spiro atoms. The number of morpholine rings is 1. The van der Waals surface area contributed by atoms with Gasteiger partial charge in [-0.3, -0.25) is 4.79 Å². The highest BCUT2D eigenvalue weighted by Crippen LogP contribution is 2.15. The molecule has 0 radical (unpaired) electrons. The van der Waals surface area contributed by atoms with Gasteiger partial charge in [-0.25, -0.2) is 14.8 Å². The summed E-state index contributed by atoms with van der Waals surface area (Å²) in [5.74, 6) is -0.0904. The Labute approximate surface area is 151 Å². The van der Waals surface area contributed by atoms with Crippen LogP contribution in [0.5, 0.6) is 0 Å². The van der Waals surface area contributed by atoms with Crippen LogP contribution in [-0.2, 0) is 9.47 Å². The third-order valence-corrected chi connectivity index (χ3v) is 3.85. The zero-order valence-corrected chi connectivity index (χ0v) is 14.5. The largest absolute Gasteiger partial charge is 0.462 e. The Kier molecular flexibility index (Phi) is 5.75. The van der Waals surface area contributed by atoms with Gasteiger partial charge in [0.25, 0.3) is 5.91 Å². The first-order chi connectivity index (χ1) is 12.7. The SMILES string of the molecule is CCOC(=O)c1ccc(Nc2ncc(C(=O)N3CCOCC3)cn2)cc1. The van der Waals surface area contributed by atoms with Crippen molar-refractivity contribution in [3.8, 4) is 0 Å². The molecule has 0 saturated carbocycles. The summed E-state index contributed by atoms with van der Waals surface area (Å²) in [5, 5.41) is 3.03. The third kappa shape index (κ3) is 4.34. The van der Waals surface area contributed by atoms with Crippen LogP contribution < -0.4 is 5.32 Å². The van der Waals surface area contributed by atoms with E-state index in [1.165, 1.54) is 12.4 Å². The summed E-state index contributed by atoms with van der Waals surface area (Å²) >= 11 is 0. The van der Waals surface area contributed by atoms with Crippen LogP contribution in [0.1, 0.15) is 27.6 Å². The van der Waals surface area contributed by atoms with Gasteiger partial charge in [-0.05, 0) is 31.2 Å². The Morgan fingerprint density at radius 1 is 1.12 bits per heavy atom. The predicted molar refractivity (Wildman–Crippen MR) is 94.4 cm³/mol. The fourth-order valence-electron chi connectivity index (χ4n) is 2.49. The van der Waals surface area contributed by atoms with Crippen LogP contribution in [0.25, 0.3) is 0 Å². The van der Waals surface area contributed by atoms with E-state index in [1.807, 2.05) is 0 Å². The molecule has 136 valence electrons. The average Bonchev–Trinajstić information content (AvgIpc) is 2.69. The summed E-state index contributed by atoms with van der Waals surface area (Å²) in [6.07, 6.45) is 3.00. The van der Waals surface area contributed by atoms with Gasteiger partial charge in [0, 0.05) is 31.2 Å². The van der Waals surface area contributed by atoms with Crippen molar-refractivity contribution in [3.63, 3.8) is 0 Å². The number of aromatic nitrogens is 2. The van der Waals surface area contributed by atoms with Crippen molar-refractivity contribution in [1.82, 2.24) is 14.9 Å². The van der Waals surface area contributed by atoms with Crippen LogP contribution >= 0.6 is 0 Å². The number of carbonyl (C=O) groups is 2. The van der Waals surface area contributed by atoms with Crippen LogP contribution in [0, 0.1) is 0 Å². The normalized spacial score (nSPS) is 14.0. The van der Waals surface area contributed by atoms with Crippen LogP contribution in [0.3, 0.4) is 0 Å². The lowest BCUT2D eigenvalue weighted by molar-refractivity contribution is 0.0302. The second-order valence-corrected chi connectivity index (χ2v) is 5.62. The molecule has 3 rings (SSSR count). The Bertz CT molecular complexity index is 756. The molecule has 1 N–H and O–H groups in total. The molecule has 8 nitrogen and oxygen atoms in total. The van der Waals surface area contributed by atoms with Gasteiger partial charge < -0.3 is 19.7 Å². The molecule has 1 fully saturated rings. The van der Waals surface area contributed by atoms with Gasteiger partial charge in [0.1, 0.15) is 0 Å². The minimum Gasteiger partial charge on any atom is -0.462 e. The van der Waals surface area contributed by atoms with E-state index < -0.39 is 0 Å². The number of nitrogens with zero attached hydrogens (tertiary/aromatic N) is 3. The lowest BCUT2D eigenvalue weighted by Gasteiger charge is -2.26. The zero-order valence-electron chi connectivity index (χ0n) is 14.5. The average molecular weight is 356 g/mol. The maximum atomic E-state index is 12.4. The molecule has 1 aliphatic rings. The molecular weight excluding hydrogens is 336 g/mol. The van der Waals surface area contributed by atoms with Gasteiger partial charge in [-0.2, -0.15) is 0 Å². The third-order valence-electron chi connectivity index (χ3n) is 3.85. The highest BCUT2D eigenvalue weighted by atomic mass is 16.5. The van der Waals surface area contributed by atoms with E-state index in [2.05, 4.69) is 15.3 Å². The number of esters is 1. The number of ether oxygens (including phenoxy) is 2. The van der Waals surface area contributed by atoms with Crippen LogP contribution in [0.4, 0.5) is 11.6 Å². The first kappa shape index (κ1) is 17.8. The van der Waals surface area contributed by atoms with Crippen molar-refractivity contribution in [2.75, 3.05) is 38.2 Å². The highest BCUT2D eigenvalue weighted by molar-refractivity contribution is 5.93. The first-order valence-corrected chi connectivity index (χ1v) is 8.40. The van der Waals surface area contributed by atoms with Crippen molar-refractivity contribution >= 4 is 23.5 Å².